The quantitative estimate of drug-likeness (QED) is 0.444. The molecular weight excluding hydrogens is 480 g/mol. The van der Waals surface area contributed by atoms with Gasteiger partial charge in [-0.1, -0.05) is 11.2 Å². The van der Waals surface area contributed by atoms with Gasteiger partial charge in [0.2, 0.25) is 0 Å². The highest BCUT2D eigenvalue weighted by Gasteiger charge is 2.81. The summed E-state index contributed by atoms with van der Waals surface area (Å²) in [6, 6.07) is 7.67. The second-order valence-electron chi connectivity index (χ2n) is 11.2. The van der Waals surface area contributed by atoms with E-state index in [1.54, 1.807) is 6.07 Å². The maximum Gasteiger partial charge on any atom is 0.337 e. The highest BCUT2D eigenvalue weighted by molar-refractivity contribution is 5.87. The minimum atomic E-state index is -0.971. The van der Waals surface area contributed by atoms with Crippen LogP contribution in [0.2, 0.25) is 0 Å². The van der Waals surface area contributed by atoms with Crippen molar-refractivity contribution in [3.63, 3.8) is 0 Å². The van der Waals surface area contributed by atoms with E-state index in [-0.39, 0.29) is 41.0 Å². The molecule has 1 saturated heterocycles. The first kappa shape index (κ1) is 21.7. The van der Waals surface area contributed by atoms with E-state index in [9.17, 15) is 18.7 Å². The molecule has 1 aromatic carbocycles. The van der Waals surface area contributed by atoms with Crippen molar-refractivity contribution in [1.29, 1.82) is 0 Å². The summed E-state index contributed by atoms with van der Waals surface area (Å²) in [6.07, 6.45) is 6.81. The van der Waals surface area contributed by atoms with Gasteiger partial charge in [0.15, 0.2) is 0 Å². The zero-order valence-corrected chi connectivity index (χ0v) is 19.9. The van der Waals surface area contributed by atoms with Crippen LogP contribution in [0.1, 0.15) is 59.7 Å². The molecule has 5 fully saturated rings. The number of ether oxygens (including phenoxy) is 1. The number of carboxylic acid groups (broad SMARTS) is 1. The Kier molecular flexibility index (Phi) is 4.33. The highest BCUT2D eigenvalue weighted by Crippen LogP contribution is 2.74. The van der Waals surface area contributed by atoms with Crippen LogP contribution < -0.4 is 4.90 Å². The van der Waals surface area contributed by atoms with Gasteiger partial charge in [0.25, 0.3) is 0 Å². The summed E-state index contributed by atoms with van der Waals surface area (Å²) < 4.78 is 41.2. The van der Waals surface area contributed by atoms with E-state index in [0.717, 1.165) is 37.9 Å². The van der Waals surface area contributed by atoms with Crippen LogP contribution in [0, 0.1) is 29.4 Å². The molecule has 4 aliphatic carbocycles. The lowest BCUT2D eigenvalue weighted by Gasteiger charge is -2.40. The predicted octanol–water partition coefficient (Wildman–Crippen LogP) is 5.16. The fraction of sp³-hybridized carbons (Fsp3) is 0.464. The zero-order valence-electron chi connectivity index (χ0n) is 19.9. The van der Waals surface area contributed by atoms with Crippen LogP contribution in [0.3, 0.4) is 0 Å². The normalized spacial score (nSPS) is 32.7. The first-order valence-electron chi connectivity index (χ1n) is 13.0. The molecule has 1 N–H and O–H groups in total. The largest absolute Gasteiger partial charge is 0.478 e. The summed E-state index contributed by atoms with van der Waals surface area (Å²) in [5.41, 5.74) is 1.05. The number of rotatable bonds is 7. The van der Waals surface area contributed by atoms with Crippen LogP contribution in [0.4, 0.5) is 14.6 Å². The Bertz CT molecular complexity index is 1420. The number of fused-ring (bicyclic) bond motifs is 2. The van der Waals surface area contributed by atoms with Crippen molar-refractivity contribution < 1.29 is 27.9 Å². The summed E-state index contributed by atoms with van der Waals surface area (Å²) in [7, 11) is 0. The zero-order chi connectivity index (χ0) is 25.1. The Balaban J connectivity index is 1.01. The molecule has 7 nitrogen and oxygen atoms in total. The molecule has 9 heteroatoms. The van der Waals surface area contributed by atoms with Gasteiger partial charge in [-0.3, -0.25) is 0 Å². The maximum atomic E-state index is 14.6. The SMILES string of the molecule is O=C(O)c1ccc(N2C3CC4C(OCc5c(-c6c(F)cccc6F)noc5C5CC5)C4C4CCC432)nc1. The third-order valence-corrected chi connectivity index (χ3v) is 9.51. The topological polar surface area (TPSA) is 88.5 Å². The fourth-order valence-electron chi connectivity index (χ4n) is 7.50. The van der Waals surface area contributed by atoms with Crippen molar-refractivity contribution >= 4 is 11.8 Å². The third kappa shape index (κ3) is 2.97. The molecule has 5 aliphatic rings. The molecule has 190 valence electrons. The van der Waals surface area contributed by atoms with Crippen molar-refractivity contribution in [1.82, 2.24) is 10.1 Å². The standard InChI is InChI=1S/C28H25F2N3O4/c29-18-2-1-3-19(30)23(18)24-16(25(37-32-24)13-4-5-13)12-36-26-15-10-20-28(9-8-17(28)22(15)26)33(20)21-7-6-14(11-31-21)27(34)35/h1-3,6-7,11,13,15,17,20,22,26H,4-5,8-10,12H2,(H,34,35). The maximum absolute atomic E-state index is 14.6. The number of anilines is 1. The van der Waals surface area contributed by atoms with Crippen molar-refractivity contribution in [2.45, 2.75) is 62.3 Å². The number of halogens is 2. The summed E-state index contributed by atoms with van der Waals surface area (Å²) in [5, 5.41) is 13.3. The van der Waals surface area contributed by atoms with Crippen molar-refractivity contribution in [2.75, 3.05) is 4.90 Å². The molecular formula is C28H25F2N3O4. The summed E-state index contributed by atoms with van der Waals surface area (Å²) in [6.45, 7) is 0.239. The van der Waals surface area contributed by atoms with E-state index in [1.165, 1.54) is 24.4 Å². The molecule has 0 radical (unpaired) electrons. The molecule has 2 aromatic heterocycles. The molecule has 6 unspecified atom stereocenters. The molecule has 8 rings (SSSR count). The lowest BCUT2D eigenvalue weighted by molar-refractivity contribution is 0.0694. The summed E-state index contributed by atoms with van der Waals surface area (Å²) in [5.74, 6) is 0.956. The first-order valence-corrected chi connectivity index (χ1v) is 13.0. The highest BCUT2D eigenvalue weighted by atomic mass is 19.1. The molecule has 37 heavy (non-hydrogen) atoms. The number of hydrogen-bond donors (Lipinski definition) is 1. The van der Waals surface area contributed by atoms with Crippen LogP contribution in [0.5, 0.6) is 0 Å². The number of nitrogens with zero attached hydrogens (tertiary/aromatic N) is 3. The van der Waals surface area contributed by atoms with Gasteiger partial charge in [-0.25, -0.2) is 18.6 Å². The van der Waals surface area contributed by atoms with Gasteiger partial charge in [-0.2, -0.15) is 0 Å². The first-order chi connectivity index (χ1) is 18.0. The summed E-state index contributed by atoms with van der Waals surface area (Å²) >= 11 is 0. The lowest BCUT2D eigenvalue weighted by atomic mass is 9.64. The van der Waals surface area contributed by atoms with Gasteiger partial charge in [-0.15, -0.1) is 0 Å². The number of hydrogen-bond acceptors (Lipinski definition) is 6. The van der Waals surface area contributed by atoms with E-state index in [4.69, 9.17) is 9.26 Å². The van der Waals surface area contributed by atoms with Crippen LogP contribution in [-0.2, 0) is 11.3 Å². The number of benzene rings is 1. The van der Waals surface area contributed by atoms with Crippen LogP contribution >= 0.6 is 0 Å². The Morgan fingerprint density at radius 3 is 2.65 bits per heavy atom. The van der Waals surface area contributed by atoms with E-state index in [0.29, 0.717) is 35.1 Å². The van der Waals surface area contributed by atoms with Gasteiger partial charge in [-0.05, 0) is 74.1 Å². The molecule has 0 amide bonds. The van der Waals surface area contributed by atoms with Crippen molar-refractivity contribution in [3.05, 3.63) is 65.1 Å². The smallest absolute Gasteiger partial charge is 0.337 e. The van der Waals surface area contributed by atoms with Gasteiger partial charge in [0.1, 0.15) is 28.9 Å². The average molecular weight is 506 g/mol. The Morgan fingerprint density at radius 2 is 2.00 bits per heavy atom. The van der Waals surface area contributed by atoms with E-state index in [2.05, 4.69) is 15.0 Å². The minimum Gasteiger partial charge on any atom is -0.478 e. The number of aromatic carboxylic acids is 1. The van der Waals surface area contributed by atoms with Gasteiger partial charge < -0.3 is 19.3 Å². The molecule has 3 heterocycles. The Morgan fingerprint density at radius 1 is 1.19 bits per heavy atom. The van der Waals surface area contributed by atoms with Crippen LogP contribution in [-0.4, -0.2) is 38.9 Å². The van der Waals surface area contributed by atoms with Gasteiger partial charge in [0, 0.05) is 17.7 Å². The Hall–Kier alpha value is -3.33. The molecule has 0 bridgehead atoms. The van der Waals surface area contributed by atoms with E-state index < -0.39 is 17.6 Å². The van der Waals surface area contributed by atoms with E-state index in [1.807, 2.05) is 6.07 Å². The van der Waals surface area contributed by atoms with Crippen LogP contribution in [0.15, 0.2) is 41.1 Å². The van der Waals surface area contributed by atoms with Crippen molar-refractivity contribution in [3.8, 4) is 11.3 Å². The monoisotopic (exact) mass is 505 g/mol. The average Bonchev–Trinajstić information content (AvgIpc) is 3.81. The lowest BCUT2D eigenvalue weighted by Crippen LogP contribution is -2.44. The number of aromatic nitrogens is 2. The molecule has 6 atom stereocenters. The minimum absolute atomic E-state index is 0.120. The predicted molar refractivity (Wildman–Crippen MR) is 127 cm³/mol. The second kappa shape index (κ2) is 7.37. The van der Waals surface area contributed by atoms with Crippen molar-refractivity contribution in [2.24, 2.45) is 17.8 Å². The molecule has 4 saturated carbocycles. The number of pyridine rings is 1. The summed E-state index contributed by atoms with van der Waals surface area (Å²) in [4.78, 5) is 18.0. The third-order valence-electron chi connectivity index (χ3n) is 9.51. The van der Waals surface area contributed by atoms with E-state index >= 15 is 0 Å². The number of carbonyl (C=O) groups is 1. The fourth-order valence-corrected chi connectivity index (χ4v) is 7.50. The number of carboxylic acids is 1. The molecule has 1 aliphatic heterocycles. The van der Waals surface area contributed by atoms with Crippen LogP contribution in [0.25, 0.3) is 11.3 Å². The van der Waals surface area contributed by atoms with Gasteiger partial charge in [0.05, 0.1) is 35.4 Å². The second-order valence-corrected chi connectivity index (χ2v) is 11.2. The van der Waals surface area contributed by atoms with Gasteiger partial charge >= 0.3 is 5.97 Å². The molecule has 1 spiro atoms. The molecule has 3 aromatic rings. The Labute approximate surface area is 211 Å².